The Bertz CT molecular complexity index is 627. The van der Waals surface area contributed by atoms with Crippen LogP contribution in [-0.4, -0.2) is 41.1 Å². The van der Waals surface area contributed by atoms with Crippen LogP contribution in [0.4, 0.5) is 5.69 Å². The maximum atomic E-state index is 12.2. The summed E-state index contributed by atoms with van der Waals surface area (Å²) in [7, 11) is 1.60. The first-order valence-electron chi connectivity index (χ1n) is 6.61. The number of carbonyl (C=O) groups is 1. The fourth-order valence-corrected chi connectivity index (χ4v) is 2.28. The van der Waals surface area contributed by atoms with Crippen LogP contribution in [-0.2, 0) is 9.53 Å². The zero-order chi connectivity index (χ0) is 16.1. The van der Waals surface area contributed by atoms with Crippen LogP contribution < -0.4 is 5.32 Å². The summed E-state index contributed by atoms with van der Waals surface area (Å²) in [6.45, 7) is 1.03. The molecule has 1 fully saturated rings. The predicted octanol–water partition coefficient (Wildman–Crippen LogP) is 1.69. The van der Waals surface area contributed by atoms with Gasteiger partial charge >= 0.3 is 0 Å². The van der Waals surface area contributed by atoms with Gasteiger partial charge in [0.05, 0.1) is 4.92 Å². The van der Waals surface area contributed by atoms with E-state index in [2.05, 4.69) is 5.32 Å². The number of nitrogens with one attached hydrogen (secondary N) is 1. The SMILES string of the molecule is COCCCN1C(=O)/C(=C\c2ccc([N+](=O)[O-])cc2)NC1=S. The zero-order valence-electron chi connectivity index (χ0n) is 11.9. The number of hydrogen-bond acceptors (Lipinski definition) is 5. The summed E-state index contributed by atoms with van der Waals surface area (Å²) >= 11 is 5.14. The van der Waals surface area contributed by atoms with E-state index >= 15 is 0 Å². The van der Waals surface area contributed by atoms with Crippen molar-refractivity contribution in [2.75, 3.05) is 20.3 Å². The molecule has 116 valence electrons. The third-order valence-corrected chi connectivity index (χ3v) is 3.43. The molecule has 0 bridgehead atoms. The van der Waals surface area contributed by atoms with Gasteiger partial charge in [-0.25, -0.2) is 0 Å². The molecule has 0 unspecified atom stereocenters. The maximum Gasteiger partial charge on any atom is 0.276 e. The Labute approximate surface area is 132 Å². The molecule has 2 rings (SSSR count). The molecule has 0 aromatic heterocycles. The average Bonchev–Trinajstić information content (AvgIpc) is 2.75. The lowest BCUT2D eigenvalue weighted by atomic mass is 10.1. The number of non-ortho nitro benzene ring substituents is 1. The summed E-state index contributed by atoms with van der Waals surface area (Å²) in [6, 6.07) is 5.94. The number of rotatable bonds is 6. The van der Waals surface area contributed by atoms with Crippen molar-refractivity contribution in [1.29, 1.82) is 0 Å². The molecular formula is C14H15N3O4S. The molecule has 1 N–H and O–H groups in total. The average molecular weight is 321 g/mol. The van der Waals surface area contributed by atoms with Gasteiger partial charge in [-0.2, -0.15) is 0 Å². The van der Waals surface area contributed by atoms with Gasteiger partial charge in [0.2, 0.25) is 0 Å². The molecule has 1 aromatic rings. The minimum absolute atomic E-state index is 0.00423. The Balaban J connectivity index is 2.10. The molecule has 1 amide bonds. The van der Waals surface area contributed by atoms with E-state index in [1.54, 1.807) is 25.3 Å². The topological polar surface area (TPSA) is 84.7 Å². The smallest absolute Gasteiger partial charge is 0.276 e. The van der Waals surface area contributed by atoms with Crippen LogP contribution in [0.1, 0.15) is 12.0 Å². The second kappa shape index (κ2) is 7.10. The first-order chi connectivity index (χ1) is 10.5. The van der Waals surface area contributed by atoms with E-state index in [1.807, 2.05) is 0 Å². The Kier molecular flexibility index (Phi) is 5.18. The lowest BCUT2D eigenvalue weighted by molar-refractivity contribution is -0.384. The molecule has 7 nitrogen and oxygen atoms in total. The number of carbonyl (C=O) groups excluding carboxylic acids is 1. The van der Waals surface area contributed by atoms with Crippen LogP contribution in [0, 0.1) is 10.1 Å². The summed E-state index contributed by atoms with van der Waals surface area (Å²) in [5, 5.41) is 13.8. The van der Waals surface area contributed by atoms with Gasteiger partial charge in [-0.1, -0.05) is 0 Å². The van der Waals surface area contributed by atoms with Gasteiger partial charge in [-0.15, -0.1) is 0 Å². The van der Waals surface area contributed by atoms with E-state index in [0.717, 1.165) is 0 Å². The van der Waals surface area contributed by atoms with Gasteiger partial charge in [0, 0.05) is 32.4 Å². The molecule has 0 saturated carbocycles. The highest BCUT2D eigenvalue weighted by Crippen LogP contribution is 2.17. The molecule has 1 saturated heterocycles. The summed E-state index contributed by atoms with van der Waals surface area (Å²) in [6.07, 6.45) is 2.31. The largest absolute Gasteiger partial charge is 0.385 e. The molecule has 1 aliphatic rings. The highest BCUT2D eigenvalue weighted by Gasteiger charge is 2.29. The Hall–Kier alpha value is -2.32. The summed E-state index contributed by atoms with van der Waals surface area (Å²) in [4.78, 5) is 23.9. The maximum absolute atomic E-state index is 12.2. The zero-order valence-corrected chi connectivity index (χ0v) is 12.8. The van der Waals surface area contributed by atoms with Crippen LogP contribution in [0.3, 0.4) is 0 Å². The quantitative estimate of drug-likeness (QED) is 0.282. The number of benzene rings is 1. The fraction of sp³-hybridized carbons (Fsp3) is 0.286. The molecule has 0 atom stereocenters. The molecule has 8 heteroatoms. The molecule has 1 aliphatic heterocycles. The van der Waals surface area contributed by atoms with Gasteiger partial charge in [0.25, 0.3) is 11.6 Å². The van der Waals surface area contributed by atoms with E-state index < -0.39 is 4.92 Å². The number of nitro benzene ring substituents is 1. The normalized spacial score (nSPS) is 16.2. The summed E-state index contributed by atoms with van der Waals surface area (Å²) in [5.41, 5.74) is 1.05. The van der Waals surface area contributed by atoms with Gasteiger partial charge in [-0.05, 0) is 42.4 Å². The van der Waals surface area contributed by atoms with Crippen molar-refractivity contribution in [2.24, 2.45) is 0 Å². The summed E-state index contributed by atoms with van der Waals surface area (Å²) < 4.78 is 4.95. The first kappa shape index (κ1) is 16.1. The second-order valence-corrected chi connectivity index (χ2v) is 5.03. The third kappa shape index (κ3) is 3.66. The third-order valence-electron chi connectivity index (χ3n) is 3.11. The number of ether oxygens (including phenoxy) is 1. The number of methoxy groups -OCH3 is 1. The Morgan fingerprint density at radius 1 is 1.41 bits per heavy atom. The van der Waals surface area contributed by atoms with Crippen LogP contribution in [0.2, 0.25) is 0 Å². The van der Waals surface area contributed by atoms with Crippen molar-refractivity contribution in [3.8, 4) is 0 Å². The fourth-order valence-electron chi connectivity index (χ4n) is 2.00. The molecule has 1 aromatic carbocycles. The number of nitrogens with zero attached hydrogens (tertiary/aromatic N) is 2. The highest BCUT2D eigenvalue weighted by molar-refractivity contribution is 7.80. The van der Waals surface area contributed by atoms with Gasteiger partial charge in [0.15, 0.2) is 5.11 Å². The Morgan fingerprint density at radius 2 is 2.09 bits per heavy atom. The van der Waals surface area contributed by atoms with E-state index in [4.69, 9.17) is 17.0 Å². The molecule has 0 aliphatic carbocycles. The minimum Gasteiger partial charge on any atom is -0.385 e. The molecule has 1 heterocycles. The van der Waals surface area contributed by atoms with Crippen molar-refractivity contribution >= 4 is 35.0 Å². The van der Waals surface area contributed by atoms with Crippen molar-refractivity contribution < 1.29 is 14.5 Å². The standard InChI is InChI=1S/C14H15N3O4S/c1-21-8-2-7-16-13(18)12(15-14(16)22)9-10-3-5-11(6-4-10)17(19)20/h3-6,9H,2,7-8H2,1H3,(H,15,22)/b12-9+. The number of thiocarbonyl (C=S) groups is 1. The van der Waals surface area contributed by atoms with Crippen molar-refractivity contribution in [3.63, 3.8) is 0 Å². The van der Waals surface area contributed by atoms with Gasteiger partial charge in [0.1, 0.15) is 5.70 Å². The monoisotopic (exact) mass is 321 g/mol. The molecule has 0 radical (unpaired) electrons. The van der Waals surface area contributed by atoms with E-state index in [0.29, 0.717) is 35.9 Å². The lowest BCUT2D eigenvalue weighted by Crippen LogP contribution is -2.32. The second-order valence-electron chi connectivity index (χ2n) is 4.64. The van der Waals surface area contributed by atoms with E-state index in [-0.39, 0.29) is 11.6 Å². The van der Waals surface area contributed by atoms with Crippen molar-refractivity contribution in [2.45, 2.75) is 6.42 Å². The van der Waals surface area contributed by atoms with Crippen LogP contribution in [0.5, 0.6) is 0 Å². The van der Waals surface area contributed by atoms with Gasteiger partial charge in [-0.3, -0.25) is 19.8 Å². The predicted molar refractivity (Wildman–Crippen MR) is 85.0 cm³/mol. The van der Waals surface area contributed by atoms with E-state index in [1.165, 1.54) is 17.0 Å². The summed E-state index contributed by atoms with van der Waals surface area (Å²) in [5.74, 6) is -0.209. The minimum atomic E-state index is -0.470. The van der Waals surface area contributed by atoms with Gasteiger partial charge < -0.3 is 10.1 Å². The van der Waals surface area contributed by atoms with Crippen molar-refractivity contribution in [3.05, 3.63) is 45.6 Å². The number of hydrogen-bond donors (Lipinski definition) is 1. The van der Waals surface area contributed by atoms with Crippen LogP contribution >= 0.6 is 12.2 Å². The lowest BCUT2D eigenvalue weighted by Gasteiger charge is -2.12. The Morgan fingerprint density at radius 3 is 2.68 bits per heavy atom. The molecule has 22 heavy (non-hydrogen) atoms. The first-order valence-corrected chi connectivity index (χ1v) is 7.01. The van der Waals surface area contributed by atoms with E-state index in [9.17, 15) is 14.9 Å². The number of nitro groups is 1. The van der Waals surface area contributed by atoms with Crippen LogP contribution in [0.25, 0.3) is 6.08 Å². The molecule has 0 spiro atoms. The highest BCUT2D eigenvalue weighted by atomic mass is 32.1. The molecular weight excluding hydrogens is 306 g/mol. The van der Waals surface area contributed by atoms with Crippen molar-refractivity contribution in [1.82, 2.24) is 10.2 Å². The van der Waals surface area contributed by atoms with Crippen LogP contribution in [0.15, 0.2) is 30.0 Å². The number of amides is 1.